The molecule has 0 spiro atoms. The first-order valence-corrected chi connectivity index (χ1v) is 8.28. The molecule has 2 atom stereocenters. The number of hydrogen-bond acceptors (Lipinski definition) is 3. The van der Waals surface area contributed by atoms with E-state index in [9.17, 15) is 9.90 Å². The lowest BCUT2D eigenvalue weighted by Crippen LogP contribution is -2.27. The molecule has 0 saturated heterocycles. The lowest BCUT2D eigenvalue weighted by Gasteiger charge is -2.17. The van der Waals surface area contributed by atoms with Gasteiger partial charge in [-0.15, -0.1) is 6.58 Å². The van der Waals surface area contributed by atoms with Gasteiger partial charge in [-0.1, -0.05) is 70.9 Å². The number of ether oxygens (including phenoxy) is 1. The number of carbonyl (C=O) groups excluding carboxylic acids is 1. The summed E-state index contributed by atoms with van der Waals surface area (Å²) in [5, 5.41) is 9.53. The van der Waals surface area contributed by atoms with E-state index in [0.717, 1.165) is 12.8 Å². The van der Waals surface area contributed by atoms with Crippen molar-refractivity contribution in [1.82, 2.24) is 0 Å². The average Bonchev–Trinajstić information content (AvgIpc) is 2.50. The molecule has 0 radical (unpaired) electrons. The summed E-state index contributed by atoms with van der Waals surface area (Å²) in [6.45, 7) is 9.25. The monoisotopic (exact) mass is 296 g/mol. The van der Waals surface area contributed by atoms with E-state index in [2.05, 4.69) is 20.1 Å². The first kappa shape index (κ1) is 19.9. The van der Waals surface area contributed by atoms with Gasteiger partial charge in [0, 0.05) is 6.42 Å². The van der Waals surface area contributed by atoms with Crippen molar-refractivity contribution in [3.8, 4) is 0 Å². The van der Waals surface area contributed by atoms with Crippen molar-refractivity contribution >= 4 is 5.97 Å². The van der Waals surface area contributed by atoms with Crippen molar-refractivity contribution in [2.45, 2.75) is 83.3 Å². The van der Waals surface area contributed by atoms with E-state index in [-0.39, 0.29) is 5.97 Å². The van der Waals surface area contributed by atoms with Crippen molar-refractivity contribution in [1.29, 1.82) is 0 Å². The molecule has 0 aliphatic rings. The summed E-state index contributed by atoms with van der Waals surface area (Å²) in [5.41, 5.74) is 0. The van der Waals surface area contributed by atoms with Crippen LogP contribution in [0.3, 0.4) is 0 Å². The summed E-state index contributed by atoms with van der Waals surface area (Å²) in [6, 6.07) is 0. The molecule has 0 aromatic rings. The van der Waals surface area contributed by atoms with Crippen LogP contribution in [0.1, 0.15) is 71.1 Å². The zero-order valence-electron chi connectivity index (χ0n) is 13.6. The van der Waals surface area contributed by atoms with Crippen molar-refractivity contribution in [2.75, 3.05) is 0 Å². The highest BCUT2D eigenvalue weighted by molar-refractivity contribution is 5.69. The first-order valence-electron chi connectivity index (χ1n) is 8.28. The Morgan fingerprint density at radius 1 is 1.00 bits per heavy atom. The molecule has 0 aliphatic carbocycles. The second-order valence-electron chi connectivity index (χ2n) is 5.49. The number of hydrogen-bond donors (Lipinski definition) is 1. The van der Waals surface area contributed by atoms with E-state index in [1.165, 1.54) is 57.1 Å². The van der Waals surface area contributed by atoms with Gasteiger partial charge in [0.25, 0.3) is 0 Å². The van der Waals surface area contributed by atoms with Crippen LogP contribution in [0.15, 0.2) is 25.3 Å². The highest BCUT2D eigenvalue weighted by atomic mass is 16.6. The lowest BCUT2D eigenvalue weighted by atomic mass is 10.1. The van der Waals surface area contributed by atoms with Gasteiger partial charge in [0.1, 0.15) is 12.2 Å². The Morgan fingerprint density at radius 2 is 1.52 bits per heavy atom. The van der Waals surface area contributed by atoms with E-state index in [4.69, 9.17) is 4.74 Å². The Balaban J connectivity index is 3.53. The number of unbranched alkanes of at least 4 members (excludes halogenated alkanes) is 8. The summed E-state index contributed by atoms with van der Waals surface area (Å²) in [7, 11) is 0. The zero-order chi connectivity index (χ0) is 15.9. The minimum atomic E-state index is -0.880. The third-order valence-corrected chi connectivity index (χ3v) is 3.56. The van der Waals surface area contributed by atoms with Crippen molar-refractivity contribution in [3.63, 3.8) is 0 Å². The van der Waals surface area contributed by atoms with Gasteiger partial charge in [0.05, 0.1) is 0 Å². The molecule has 3 nitrogen and oxygen atoms in total. The van der Waals surface area contributed by atoms with Gasteiger partial charge in [-0.05, 0) is 12.5 Å². The first-order chi connectivity index (χ1) is 10.2. The Labute approximate surface area is 130 Å². The quantitative estimate of drug-likeness (QED) is 0.290. The van der Waals surface area contributed by atoms with Crippen LogP contribution in [-0.4, -0.2) is 23.3 Å². The maximum atomic E-state index is 11.6. The molecular formula is C18H32O3. The molecule has 0 bridgehead atoms. The molecule has 122 valence electrons. The van der Waals surface area contributed by atoms with Gasteiger partial charge in [0.2, 0.25) is 0 Å². The molecule has 0 amide bonds. The minimum absolute atomic E-state index is 0.274. The topological polar surface area (TPSA) is 46.5 Å². The molecule has 0 heterocycles. The molecule has 0 saturated carbocycles. The van der Waals surface area contributed by atoms with E-state index >= 15 is 0 Å². The van der Waals surface area contributed by atoms with E-state index in [1.807, 2.05) is 0 Å². The number of aliphatic hydroxyl groups excluding tert-OH is 1. The van der Waals surface area contributed by atoms with Gasteiger partial charge in [-0.2, -0.15) is 0 Å². The Bertz CT molecular complexity index is 286. The molecule has 0 aliphatic heterocycles. The summed E-state index contributed by atoms with van der Waals surface area (Å²) in [5.74, 6) is -0.274. The molecular weight excluding hydrogens is 264 g/mol. The number of carbonyl (C=O) groups is 1. The van der Waals surface area contributed by atoms with E-state index < -0.39 is 12.2 Å². The second kappa shape index (κ2) is 13.9. The van der Waals surface area contributed by atoms with Crippen molar-refractivity contribution < 1.29 is 14.6 Å². The molecule has 2 unspecified atom stereocenters. The van der Waals surface area contributed by atoms with Gasteiger partial charge in [0.15, 0.2) is 0 Å². The maximum Gasteiger partial charge on any atom is 0.306 e. The van der Waals surface area contributed by atoms with Crippen LogP contribution in [0.4, 0.5) is 0 Å². The zero-order valence-corrected chi connectivity index (χ0v) is 13.6. The van der Waals surface area contributed by atoms with E-state index in [1.54, 1.807) is 0 Å². The third-order valence-electron chi connectivity index (χ3n) is 3.56. The predicted molar refractivity (Wildman–Crippen MR) is 88.1 cm³/mol. The molecule has 0 fully saturated rings. The van der Waals surface area contributed by atoms with Gasteiger partial charge in [-0.25, -0.2) is 0 Å². The Morgan fingerprint density at radius 3 is 2.00 bits per heavy atom. The molecule has 0 aromatic carbocycles. The summed E-state index contributed by atoms with van der Waals surface area (Å²) in [4.78, 5) is 11.6. The molecule has 0 aromatic heterocycles. The van der Waals surface area contributed by atoms with E-state index in [0.29, 0.717) is 6.42 Å². The fourth-order valence-electron chi connectivity index (χ4n) is 2.18. The summed E-state index contributed by atoms with van der Waals surface area (Å²) < 4.78 is 5.15. The normalized spacial score (nSPS) is 13.4. The molecule has 0 rings (SSSR count). The van der Waals surface area contributed by atoms with Crippen LogP contribution >= 0.6 is 0 Å². The Kier molecular flexibility index (Phi) is 13.2. The average molecular weight is 296 g/mol. The maximum absolute atomic E-state index is 11.6. The van der Waals surface area contributed by atoms with Crippen LogP contribution < -0.4 is 0 Å². The fourth-order valence-corrected chi connectivity index (χ4v) is 2.18. The highest BCUT2D eigenvalue weighted by Gasteiger charge is 2.16. The highest BCUT2D eigenvalue weighted by Crippen LogP contribution is 2.11. The van der Waals surface area contributed by atoms with Crippen LogP contribution in [0.25, 0.3) is 0 Å². The SMILES string of the molecule is C=CC(O)C(C=C)OC(=O)CCCCCCCCCCC. The number of esters is 1. The van der Waals surface area contributed by atoms with Crippen LogP contribution in [0.5, 0.6) is 0 Å². The van der Waals surface area contributed by atoms with Crippen molar-refractivity contribution in [3.05, 3.63) is 25.3 Å². The fraction of sp³-hybridized carbons (Fsp3) is 0.722. The minimum Gasteiger partial charge on any atom is -0.455 e. The lowest BCUT2D eigenvalue weighted by molar-refractivity contribution is -0.150. The standard InChI is InChI=1S/C18H32O3/c1-4-7-8-9-10-11-12-13-14-15-18(20)21-17(6-3)16(19)5-2/h5-6,16-17,19H,2-4,7-15H2,1H3. The smallest absolute Gasteiger partial charge is 0.306 e. The third kappa shape index (κ3) is 11.3. The van der Waals surface area contributed by atoms with Crippen molar-refractivity contribution in [2.24, 2.45) is 0 Å². The van der Waals surface area contributed by atoms with Crippen LogP contribution in [-0.2, 0) is 9.53 Å². The van der Waals surface area contributed by atoms with Gasteiger partial charge in [-0.3, -0.25) is 4.79 Å². The summed E-state index contributed by atoms with van der Waals surface area (Å²) in [6.07, 6.45) is 12.6. The molecule has 1 N–H and O–H groups in total. The number of rotatable bonds is 14. The summed E-state index contributed by atoms with van der Waals surface area (Å²) >= 11 is 0. The van der Waals surface area contributed by atoms with Gasteiger partial charge >= 0.3 is 5.97 Å². The Hall–Kier alpha value is -1.09. The largest absolute Gasteiger partial charge is 0.455 e. The second-order valence-corrected chi connectivity index (χ2v) is 5.49. The predicted octanol–water partition coefficient (Wildman–Crippen LogP) is 4.55. The number of aliphatic hydroxyl groups is 1. The van der Waals surface area contributed by atoms with Crippen LogP contribution in [0.2, 0.25) is 0 Å². The van der Waals surface area contributed by atoms with Gasteiger partial charge < -0.3 is 9.84 Å². The van der Waals surface area contributed by atoms with Crippen LogP contribution in [0, 0.1) is 0 Å². The molecule has 21 heavy (non-hydrogen) atoms. The molecule has 3 heteroatoms.